The van der Waals surface area contributed by atoms with Gasteiger partial charge in [-0.1, -0.05) is 12.8 Å². The summed E-state index contributed by atoms with van der Waals surface area (Å²) in [6.07, 6.45) is 0.0933. The molecule has 120 valence electrons. The molecule has 0 heterocycles. The third kappa shape index (κ3) is 8.60. The van der Waals surface area contributed by atoms with Crippen LogP contribution in [0.25, 0.3) is 0 Å². The van der Waals surface area contributed by atoms with Crippen LogP contribution < -0.4 is 11.1 Å². The van der Waals surface area contributed by atoms with Crippen molar-refractivity contribution in [3.05, 3.63) is 0 Å². The van der Waals surface area contributed by atoms with Crippen LogP contribution in [0.1, 0.15) is 32.1 Å². The van der Waals surface area contributed by atoms with E-state index in [-0.39, 0.29) is 43.4 Å². The highest BCUT2D eigenvalue weighted by Gasteiger charge is 2.27. The number of hydrogen-bond acceptors (Lipinski definition) is 3. The fourth-order valence-electron chi connectivity index (χ4n) is 2.25. The Kier molecular flexibility index (Phi) is 9.16. The zero-order valence-corrected chi connectivity index (χ0v) is 12.1. The summed E-state index contributed by atoms with van der Waals surface area (Å²) in [5.41, 5.74) is 5.92. The predicted molar refractivity (Wildman–Crippen MR) is 71.7 cm³/mol. The molecular formula is C12H22ClF3N2O2. The second-order valence-corrected chi connectivity index (χ2v) is 4.93. The van der Waals surface area contributed by atoms with Gasteiger partial charge in [0.1, 0.15) is 6.61 Å². The van der Waals surface area contributed by atoms with Crippen LogP contribution in [0.3, 0.4) is 0 Å². The monoisotopic (exact) mass is 318 g/mol. The number of halogens is 4. The van der Waals surface area contributed by atoms with Crippen molar-refractivity contribution in [2.75, 3.05) is 19.8 Å². The van der Waals surface area contributed by atoms with Crippen molar-refractivity contribution in [1.82, 2.24) is 5.32 Å². The van der Waals surface area contributed by atoms with E-state index in [1.165, 1.54) is 0 Å². The third-order valence-electron chi connectivity index (χ3n) is 3.25. The molecule has 1 saturated carbocycles. The Balaban J connectivity index is 0.00000361. The molecule has 2 unspecified atom stereocenters. The second kappa shape index (κ2) is 9.41. The third-order valence-corrected chi connectivity index (χ3v) is 3.25. The highest BCUT2D eigenvalue weighted by Crippen LogP contribution is 2.25. The van der Waals surface area contributed by atoms with Crippen molar-refractivity contribution in [2.24, 2.45) is 11.7 Å². The smallest absolute Gasteiger partial charge is 0.370 e. The molecule has 1 amide bonds. The minimum Gasteiger partial charge on any atom is -0.370 e. The van der Waals surface area contributed by atoms with Gasteiger partial charge in [-0.15, -0.1) is 12.4 Å². The zero-order valence-electron chi connectivity index (χ0n) is 11.2. The molecule has 0 saturated heterocycles. The van der Waals surface area contributed by atoms with E-state index in [2.05, 4.69) is 10.1 Å². The van der Waals surface area contributed by atoms with Crippen LogP contribution >= 0.6 is 12.4 Å². The molecular weight excluding hydrogens is 297 g/mol. The Morgan fingerprint density at radius 2 is 1.95 bits per heavy atom. The predicted octanol–water partition coefficient (Wildman–Crippen LogP) is 2.01. The summed E-state index contributed by atoms with van der Waals surface area (Å²) in [6.45, 7) is -1.32. The first kappa shape index (κ1) is 19.5. The van der Waals surface area contributed by atoms with Crippen LogP contribution in [0.4, 0.5) is 13.2 Å². The molecule has 0 radical (unpaired) electrons. The van der Waals surface area contributed by atoms with Gasteiger partial charge < -0.3 is 15.8 Å². The fraction of sp³-hybridized carbons (Fsp3) is 0.917. The molecule has 0 aliphatic heterocycles. The molecule has 1 aliphatic rings. The highest BCUT2D eigenvalue weighted by atomic mass is 35.5. The van der Waals surface area contributed by atoms with E-state index < -0.39 is 12.8 Å². The van der Waals surface area contributed by atoms with Gasteiger partial charge in [-0.2, -0.15) is 13.2 Å². The van der Waals surface area contributed by atoms with Gasteiger partial charge in [-0.05, 0) is 18.8 Å². The molecule has 3 N–H and O–H groups in total. The summed E-state index contributed by atoms with van der Waals surface area (Å²) < 4.78 is 39.7. The number of carbonyl (C=O) groups is 1. The number of nitrogens with one attached hydrogen (secondary N) is 1. The van der Waals surface area contributed by atoms with Crippen LogP contribution in [-0.4, -0.2) is 37.9 Å². The number of amides is 1. The van der Waals surface area contributed by atoms with Crippen molar-refractivity contribution >= 4 is 18.3 Å². The van der Waals surface area contributed by atoms with Crippen LogP contribution in [0, 0.1) is 5.92 Å². The Labute approximate surface area is 123 Å². The van der Waals surface area contributed by atoms with E-state index >= 15 is 0 Å². The zero-order chi connectivity index (χ0) is 14.3. The van der Waals surface area contributed by atoms with E-state index in [4.69, 9.17) is 5.73 Å². The van der Waals surface area contributed by atoms with Crippen LogP contribution in [0.5, 0.6) is 0 Å². The normalized spacial score (nSPS) is 23.0. The van der Waals surface area contributed by atoms with E-state index in [9.17, 15) is 18.0 Å². The summed E-state index contributed by atoms with van der Waals surface area (Å²) in [5, 5.41) is 2.55. The minimum atomic E-state index is -4.32. The molecule has 20 heavy (non-hydrogen) atoms. The van der Waals surface area contributed by atoms with Gasteiger partial charge in [0.15, 0.2) is 0 Å². The van der Waals surface area contributed by atoms with E-state index in [0.717, 1.165) is 25.7 Å². The molecule has 1 rings (SSSR count). The lowest BCUT2D eigenvalue weighted by Crippen LogP contribution is -2.37. The molecule has 8 heteroatoms. The number of hydrogen-bond donors (Lipinski definition) is 2. The molecule has 1 aliphatic carbocycles. The van der Waals surface area contributed by atoms with E-state index in [0.29, 0.717) is 6.42 Å². The first-order valence-corrected chi connectivity index (χ1v) is 6.55. The van der Waals surface area contributed by atoms with Crippen molar-refractivity contribution in [2.45, 2.75) is 44.3 Å². The second-order valence-electron chi connectivity index (χ2n) is 4.93. The minimum absolute atomic E-state index is 0. The maximum absolute atomic E-state index is 11.8. The first-order valence-electron chi connectivity index (χ1n) is 6.55. The van der Waals surface area contributed by atoms with Crippen LogP contribution in [0.2, 0.25) is 0 Å². The Bertz CT molecular complexity index is 290. The van der Waals surface area contributed by atoms with Crippen molar-refractivity contribution < 1.29 is 22.7 Å². The van der Waals surface area contributed by atoms with Crippen LogP contribution in [-0.2, 0) is 9.53 Å². The maximum atomic E-state index is 11.8. The van der Waals surface area contributed by atoms with Gasteiger partial charge in [-0.25, -0.2) is 0 Å². The molecule has 0 aromatic heterocycles. The Morgan fingerprint density at radius 3 is 2.55 bits per heavy atom. The molecule has 0 aromatic carbocycles. The fourth-order valence-corrected chi connectivity index (χ4v) is 2.25. The van der Waals surface area contributed by atoms with Gasteiger partial charge >= 0.3 is 6.18 Å². The number of alkyl halides is 3. The van der Waals surface area contributed by atoms with E-state index in [1.54, 1.807) is 0 Å². The van der Waals surface area contributed by atoms with Crippen molar-refractivity contribution in [1.29, 1.82) is 0 Å². The number of ether oxygens (including phenoxy) is 1. The maximum Gasteiger partial charge on any atom is 0.411 e. The summed E-state index contributed by atoms with van der Waals surface area (Å²) in [7, 11) is 0. The summed E-state index contributed by atoms with van der Waals surface area (Å²) in [6, 6.07) is 0.0565. The SMILES string of the molecule is Cl.NC1CCCCC1CC(=O)NCCOCC(F)(F)F. The number of carbonyl (C=O) groups excluding carboxylic acids is 1. The summed E-state index contributed by atoms with van der Waals surface area (Å²) in [5.74, 6) is 0.0165. The van der Waals surface area contributed by atoms with E-state index in [1.807, 2.05) is 0 Å². The average Bonchev–Trinajstić information content (AvgIpc) is 2.30. The molecule has 0 aromatic rings. The Morgan fingerprint density at radius 1 is 1.30 bits per heavy atom. The van der Waals surface area contributed by atoms with Crippen molar-refractivity contribution in [3.63, 3.8) is 0 Å². The summed E-state index contributed by atoms with van der Waals surface area (Å²) in [4.78, 5) is 11.6. The van der Waals surface area contributed by atoms with Gasteiger partial charge in [0.2, 0.25) is 5.91 Å². The van der Waals surface area contributed by atoms with Crippen LogP contribution in [0.15, 0.2) is 0 Å². The standard InChI is InChI=1S/C12H21F3N2O2.ClH/c13-12(14,15)8-19-6-5-17-11(18)7-9-3-1-2-4-10(9)16;/h9-10H,1-8,16H2,(H,17,18);1H. The molecule has 4 nitrogen and oxygen atoms in total. The van der Waals surface area contributed by atoms with Gasteiger partial charge in [0.05, 0.1) is 6.61 Å². The summed E-state index contributed by atoms with van der Waals surface area (Å²) >= 11 is 0. The average molecular weight is 319 g/mol. The molecule has 0 bridgehead atoms. The van der Waals surface area contributed by atoms with Gasteiger partial charge in [0.25, 0.3) is 0 Å². The highest BCUT2D eigenvalue weighted by molar-refractivity contribution is 5.85. The molecule has 2 atom stereocenters. The largest absolute Gasteiger partial charge is 0.411 e. The van der Waals surface area contributed by atoms with Gasteiger partial charge in [0, 0.05) is 19.0 Å². The lowest BCUT2D eigenvalue weighted by molar-refractivity contribution is -0.173. The van der Waals surface area contributed by atoms with Crippen molar-refractivity contribution in [3.8, 4) is 0 Å². The number of rotatable bonds is 6. The lowest BCUT2D eigenvalue weighted by Gasteiger charge is -2.27. The molecule has 0 spiro atoms. The topological polar surface area (TPSA) is 64.4 Å². The van der Waals surface area contributed by atoms with Gasteiger partial charge in [-0.3, -0.25) is 4.79 Å². The lowest BCUT2D eigenvalue weighted by atomic mass is 9.83. The first-order chi connectivity index (χ1) is 8.88. The number of nitrogens with two attached hydrogens (primary N) is 1. The molecule has 1 fully saturated rings. The Hall–Kier alpha value is -0.530. The quantitative estimate of drug-likeness (QED) is 0.736.